The summed E-state index contributed by atoms with van der Waals surface area (Å²) in [6.07, 6.45) is 0. The molecule has 4 heteroatoms. The smallest absolute Gasteiger partial charge is 0.149 e. The van der Waals surface area contributed by atoms with Gasteiger partial charge in [0.05, 0.1) is 5.69 Å². The summed E-state index contributed by atoms with van der Waals surface area (Å²) in [7, 11) is 0. The first kappa shape index (κ1) is 11.9. The van der Waals surface area contributed by atoms with Gasteiger partial charge in [0.1, 0.15) is 11.6 Å². The van der Waals surface area contributed by atoms with E-state index in [1.165, 1.54) is 12.1 Å². The van der Waals surface area contributed by atoms with Crippen LogP contribution in [0.3, 0.4) is 0 Å². The van der Waals surface area contributed by atoms with Crippen LogP contribution in [0, 0.1) is 11.6 Å². The molecule has 0 spiro atoms. The standard InChI is InChI=1S/C13H10ClF2N/c14-10-3-1-2-9(6-10)8-17-13-5-4-11(15)7-12(13)16/h1-7,17H,8H2. The van der Waals surface area contributed by atoms with E-state index in [9.17, 15) is 8.78 Å². The van der Waals surface area contributed by atoms with Gasteiger partial charge in [-0.1, -0.05) is 23.7 Å². The molecule has 1 N–H and O–H groups in total. The normalized spacial score (nSPS) is 10.3. The fourth-order valence-electron chi connectivity index (χ4n) is 1.48. The van der Waals surface area contributed by atoms with E-state index in [1.54, 1.807) is 12.1 Å². The second-order valence-corrected chi connectivity index (χ2v) is 4.04. The van der Waals surface area contributed by atoms with E-state index in [0.717, 1.165) is 11.6 Å². The van der Waals surface area contributed by atoms with E-state index in [4.69, 9.17) is 11.6 Å². The van der Waals surface area contributed by atoms with Gasteiger partial charge in [-0.15, -0.1) is 0 Å². The molecule has 0 aliphatic heterocycles. The molecular weight excluding hydrogens is 244 g/mol. The first-order valence-corrected chi connectivity index (χ1v) is 5.46. The molecule has 0 unspecified atom stereocenters. The summed E-state index contributed by atoms with van der Waals surface area (Å²) in [5.41, 5.74) is 1.20. The van der Waals surface area contributed by atoms with Gasteiger partial charge in [-0.25, -0.2) is 8.78 Å². The van der Waals surface area contributed by atoms with Gasteiger partial charge in [0.25, 0.3) is 0 Å². The Labute approximate surface area is 103 Å². The Balaban J connectivity index is 2.07. The molecule has 0 fully saturated rings. The number of halogens is 3. The maximum Gasteiger partial charge on any atom is 0.149 e. The molecule has 0 bridgehead atoms. The predicted octanol–water partition coefficient (Wildman–Crippen LogP) is 4.23. The van der Waals surface area contributed by atoms with Crippen molar-refractivity contribution in [3.63, 3.8) is 0 Å². The van der Waals surface area contributed by atoms with Crippen LogP contribution in [0.4, 0.5) is 14.5 Å². The summed E-state index contributed by atoms with van der Waals surface area (Å²) in [5.74, 6) is -1.19. The number of anilines is 1. The van der Waals surface area contributed by atoms with Crippen molar-refractivity contribution >= 4 is 17.3 Å². The van der Waals surface area contributed by atoms with Crippen molar-refractivity contribution in [3.8, 4) is 0 Å². The molecule has 0 saturated heterocycles. The maximum atomic E-state index is 13.3. The predicted molar refractivity (Wildman–Crippen MR) is 65.1 cm³/mol. The van der Waals surface area contributed by atoms with Crippen LogP contribution in [0.2, 0.25) is 5.02 Å². The summed E-state index contributed by atoms with van der Waals surface area (Å²) in [6.45, 7) is 0.434. The van der Waals surface area contributed by atoms with Gasteiger partial charge in [0, 0.05) is 17.6 Å². The van der Waals surface area contributed by atoms with Gasteiger partial charge < -0.3 is 5.32 Å². The number of hydrogen-bond acceptors (Lipinski definition) is 1. The van der Waals surface area contributed by atoms with Crippen molar-refractivity contribution in [2.24, 2.45) is 0 Å². The highest BCUT2D eigenvalue weighted by atomic mass is 35.5. The lowest BCUT2D eigenvalue weighted by atomic mass is 10.2. The Kier molecular flexibility index (Phi) is 3.59. The van der Waals surface area contributed by atoms with E-state index in [1.807, 2.05) is 12.1 Å². The molecule has 2 aromatic carbocycles. The molecule has 0 aliphatic rings. The summed E-state index contributed by atoms with van der Waals surface area (Å²) >= 11 is 5.83. The molecule has 2 aromatic rings. The molecular formula is C13H10ClF2N. The zero-order valence-electron chi connectivity index (χ0n) is 8.88. The van der Waals surface area contributed by atoms with E-state index in [2.05, 4.69) is 5.32 Å². The Bertz CT molecular complexity index is 529. The topological polar surface area (TPSA) is 12.0 Å². The third-order valence-electron chi connectivity index (χ3n) is 2.30. The minimum absolute atomic E-state index is 0.270. The largest absolute Gasteiger partial charge is 0.379 e. The Morgan fingerprint density at radius 3 is 2.59 bits per heavy atom. The maximum absolute atomic E-state index is 13.3. The van der Waals surface area contributed by atoms with Crippen molar-refractivity contribution < 1.29 is 8.78 Å². The average molecular weight is 254 g/mol. The minimum Gasteiger partial charge on any atom is -0.379 e. The van der Waals surface area contributed by atoms with E-state index < -0.39 is 11.6 Å². The van der Waals surface area contributed by atoms with E-state index in [-0.39, 0.29) is 5.69 Å². The SMILES string of the molecule is Fc1ccc(NCc2cccc(Cl)c2)c(F)c1. The van der Waals surface area contributed by atoms with Crippen molar-refractivity contribution in [2.45, 2.75) is 6.54 Å². The van der Waals surface area contributed by atoms with Gasteiger partial charge in [-0.05, 0) is 29.8 Å². The zero-order chi connectivity index (χ0) is 12.3. The number of benzene rings is 2. The molecule has 0 radical (unpaired) electrons. The Morgan fingerprint density at radius 1 is 1.06 bits per heavy atom. The first-order chi connectivity index (χ1) is 8.15. The highest BCUT2D eigenvalue weighted by Crippen LogP contribution is 2.17. The highest BCUT2D eigenvalue weighted by molar-refractivity contribution is 6.30. The highest BCUT2D eigenvalue weighted by Gasteiger charge is 2.03. The number of nitrogens with one attached hydrogen (secondary N) is 1. The van der Waals surface area contributed by atoms with Crippen LogP contribution in [0.5, 0.6) is 0 Å². The van der Waals surface area contributed by atoms with Crippen molar-refractivity contribution in [1.82, 2.24) is 0 Å². The zero-order valence-corrected chi connectivity index (χ0v) is 9.64. The summed E-state index contributed by atoms with van der Waals surface area (Å²) < 4.78 is 26.0. The van der Waals surface area contributed by atoms with E-state index in [0.29, 0.717) is 11.6 Å². The van der Waals surface area contributed by atoms with Crippen LogP contribution >= 0.6 is 11.6 Å². The molecule has 1 nitrogen and oxygen atoms in total. The molecule has 0 saturated carbocycles. The number of hydrogen-bond donors (Lipinski definition) is 1. The van der Waals surface area contributed by atoms with Crippen LogP contribution in [0.15, 0.2) is 42.5 Å². The van der Waals surface area contributed by atoms with Crippen LogP contribution in [-0.2, 0) is 6.54 Å². The van der Waals surface area contributed by atoms with Crippen molar-refractivity contribution in [1.29, 1.82) is 0 Å². The van der Waals surface area contributed by atoms with Gasteiger partial charge in [-0.2, -0.15) is 0 Å². The van der Waals surface area contributed by atoms with Gasteiger partial charge in [0.2, 0.25) is 0 Å². The lowest BCUT2D eigenvalue weighted by Crippen LogP contribution is -2.01. The summed E-state index contributed by atoms with van der Waals surface area (Å²) in [6, 6.07) is 10.7. The van der Waals surface area contributed by atoms with Crippen molar-refractivity contribution in [3.05, 3.63) is 64.7 Å². The molecule has 0 aliphatic carbocycles. The molecule has 0 aromatic heterocycles. The third-order valence-corrected chi connectivity index (χ3v) is 2.54. The number of rotatable bonds is 3. The third kappa shape index (κ3) is 3.17. The Morgan fingerprint density at radius 2 is 1.88 bits per heavy atom. The second kappa shape index (κ2) is 5.15. The molecule has 0 amide bonds. The quantitative estimate of drug-likeness (QED) is 0.863. The fourth-order valence-corrected chi connectivity index (χ4v) is 1.69. The Hall–Kier alpha value is -1.61. The van der Waals surface area contributed by atoms with Crippen LogP contribution in [0.25, 0.3) is 0 Å². The molecule has 17 heavy (non-hydrogen) atoms. The molecule has 0 heterocycles. The van der Waals surface area contributed by atoms with Crippen molar-refractivity contribution in [2.75, 3.05) is 5.32 Å². The molecule has 0 atom stereocenters. The van der Waals surface area contributed by atoms with Crippen LogP contribution < -0.4 is 5.32 Å². The fraction of sp³-hybridized carbons (Fsp3) is 0.0769. The van der Waals surface area contributed by atoms with E-state index >= 15 is 0 Å². The molecule has 88 valence electrons. The van der Waals surface area contributed by atoms with Gasteiger partial charge in [0.15, 0.2) is 0 Å². The lowest BCUT2D eigenvalue weighted by Gasteiger charge is -2.07. The lowest BCUT2D eigenvalue weighted by molar-refractivity contribution is 0.585. The van der Waals surface area contributed by atoms with Crippen LogP contribution in [0.1, 0.15) is 5.56 Å². The van der Waals surface area contributed by atoms with Gasteiger partial charge >= 0.3 is 0 Å². The minimum atomic E-state index is -0.605. The first-order valence-electron chi connectivity index (χ1n) is 5.08. The average Bonchev–Trinajstić information content (AvgIpc) is 2.28. The van der Waals surface area contributed by atoms with Gasteiger partial charge in [-0.3, -0.25) is 0 Å². The second-order valence-electron chi connectivity index (χ2n) is 3.61. The monoisotopic (exact) mass is 253 g/mol. The summed E-state index contributed by atoms with van der Waals surface area (Å²) in [4.78, 5) is 0. The summed E-state index contributed by atoms with van der Waals surface area (Å²) in [5, 5.41) is 3.51. The van der Waals surface area contributed by atoms with Crippen LogP contribution in [-0.4, -0.2) is 0 Å². The molecule has 2 rings (SSSR count).